The number of ether oxygens (including phenoxy) is 3. The predicted octanol–water partition coefficient (Wildman–Crippen LogP) is 4.14. The van der Waals surface area contributed by atoms with Crippen molar-refractivity contribution in [3.8, 4) is 28.6 Å². The predicted molar refractivity (Wildman–Crippen MR) is 119 cm³/mol. The first kappa shape index (κ1) is 21.9. The number of benzene rings is 2. The van der Waals surface area contributed by atoms with Crippen LogP contribution in [0.25, 0.3) is 11.3 Å². The zero-order valence-electron chi connectivity index (χ0n) is 17.6. The molecular weight excluding hydrogens is 396 g/mol. The second-order valence-corrected chi connectivity index (χ2v) is 6.37. The maximum Gasteiger partial charge on any atom is 0.319 e. The SMILES string of the molecule is CCOc1ccc(-c2ccc(OCCNC(=O)Nc3ccccc3OCC)nn2)cc1. The first-order valence-electron chi connectivity index (χ1n) is 10.2. The number of hydrogen-bond acceptors (Lipinski definition) is 6. The minimum Gasteiger partial charge on any atom is -0.494 e. The summed E-state index contributed by atoms with van der Waals surface area (Å²) in [4.78, 5) is 12.1. The fourth-order valence-corrected chi connectivity index (χ4v) is 2.78. The first-order chi connectivity index (χ1) is 15.2. The van der Waals surface area contributed by atoms with Crippen LogP contribution in [0.4, 0.5) is 10.5 Å². The molecule has 0 aliphatic rings. The fraction of sp³-hybridized carbons (Fsp3) is 0.261. The van der Waals surface area contributed by atoms with Gasteiger partial charge in [-0.05, 0) is 56.3 Å². The van der Waals surface area contributed by atoms with Crippen LogP contribution in [-0.2, 0) is 0 Å². The third kappa shape index (κ3) is 6.60. The minimum atomic E-state index is -0.340. The molecule has 8 nitrogen and oxygen atoms in total. The molecule has 3 rings (SSSR count). The number of amides is 2. The second kappa shape index (κ2) is 11.4. The van der Waals surface area contributed by atoms with Gasteiger partial charge in [-0.15, -0.1) is 10.2 Å². The molecule has 31 heavy (non-hydrogen) atoms. The van der Waals surface area contributed by atoms with Gasteiger partial charge in [0, 0.05) is 11.6 Å². The quantitative estimate of drug-likeness (QED) is 0.477. The summed E-state index contributed by atoms with van der Waals surface area (Å²) in [5.74, 6) is 1.83. The van der Waals surface area contributed by atoms with Crippen LogP contribution in [0.2, 0.25) is 0 Å². The Balaban J connectivity index is 1.43. The second-order valence-electron chi connectivity index (χ2n) is 6.37. The van der Waals surface area contributed by atoms with E-state index in [0.29, 0.717) is 37.1 Å². The average Bonchev–Trinajstić information content (AvgIpc) is 2.79. The lowest BCUT2D eigenvalue weighted by molar-refractivity contribution is 0.246. The van der Waals surface area contributed by atoms with Gasteiger partial charge in [0.25, 0.3) is 0 Å². The summed E-state index contributed by atoms with van der Waals surface area (Å²) in [6.45, 7) is 5.56. The van der Waals surface area contributed by atoms with Crippen molar-refractivity contribution in [2.45, 2.75) is 13.8 Å². The molecule has 2 N–H and O–H groups in total. The van der Waals surface area contributed by atoms with Crippen LogP contribution in [0.15, 0.2) is 60.7 Å². The number of rotatable bonds is 10. The highest BCUT2D eigenvalue weighted by Crippen LogP contribution is 2.23. The molecule has 0 bridgehead atoms. The van der Waals surface area contributed by atoms with Crippen LogP contribution in [0.3, 0.4) is 0 Å². The molecule has 8 heteroatoms. The smallest absolute Gasteiger partial charge is 0.319 e. The molecule has 0 saturated carbocycles. The number of anilines is 1. The molecular formula is C23H26N4O4. The number of carbonyl (C=O) groups excluding carboxylic acids is 1. The van der Waals surface area contributed by atoms with Crippen LogP contribution in [-0.4, -0.2) is 42.6 Å². The molecule has 1 aromatic heterocycles. The van der Waals surface area contributed by atoms with Crippen molar-refractivity contribution in [3.63, 3.8) is 0 Å². The highest BCUT2D eigenvalue weighted by molar-refractivity contribution is 5.90. The molecule has 2 amide bonds. The number of carbonyl (C=O) groups is 1. The third-order valence-corrected chi connectivity index (χ3v) is 4.17. The van der Waals surface area contributed by atoms with Gasteiger partial charge in [0.1, 0.15) is 18.1 Å². The maximum absolute atomic E-state index is 12.1. The minimum absolute atomic E-state index is 0.262. The molecule has 0 aliphatic carbocycles. The molecule has 0 atom stereocenters. The van der Waals surface area contributed by atoms with Gasteiger partial charge >= 0.3 is 6.03 Å². The van der Waals surface area contributed by atoms with E-state index in [1.165, 1.54) is 0 Å². The van der Waals surface area contributed by atoms with Gasteiger partial charge < -0.3 is 24.8 Å². The molecule has 0 saturated heterocycles. The summed E-state index contributed by atoms with van der Waals surface area (Å²) >= 11 is 0. The van der Waals surface area contributed by atoms with Crippen LogP contribution in [0.1, 0.15) is 13.8 Å². The Labute approximate surface area is 181 Å². The lowest BCUT2D eigenvalue weighted by Gasteiger charge is -2.12. The van der Waals surface area contributed by atoms with E-state index in [-0.39, 0.29) is 12.6 Å². The van der Waals surface area contributed by atoms with Gasteiger partial charge in [-0.1, -0.05) is 12.1 Å². The normalized spacial score (nSPS) is 10.3. The number of urea groups is 1. The van der Waals surface area contributed by atoms with Crippen molar-refractivity contribution >= 4 is 11.7 Å². The standard InChI is InChI=1S/C23H26N4O4/c1-3-29-18-11-9-17(10-12-18)19-13-14-22(27-26-19)31-16-15-24-23(28)25-20-7-5-6-8-21(20)30-4-2/h5-14H,3-4,15-16H2,1-2H3,(H2,24,25,28). The number of nitrogens with one attached hydrogen (secondary N) is 2. The number of hydrogen-bond donors (Lipinski definition) is 2. The van der Waals surface area contributed by atoms with Gasteiger partial charge in [-0.3, -0.25) is 0 Å². The van der Waals surface area contributed by atoms with Crippen LogP contribution < -0.4 is 24.8 Å². The van der Waals surface area contributed by atoms with Gasteiger partial charge in [-0.25, -0.2) is 4.79 Å². The summed E-state index contributed by atoms with van der Waals surface area (Å²) < 4.78 is 16.5. The van der Waals surface area contributed by atoms with E-state index in [2.05, 4.69) is 20.8 Å². The lowest BCUT2D eigenvalue weighted by atomic mass is 10.1. The first-order valence-corrected chi connectivity index (χ1v) is 10.2. The van der Waals surface area contributed by atoms with E-state index >= 15 is 0 Å². The summed E-state index contributed by atoms with van der Waals surface area (Å²) in [6, 6.07) is 18.2. The largest absolute Gasteiger partial charge is 0.494 e. The van der Waals surface area contributed by atoms with Crippen molar-refractivity contribution in [3.05, 3.63) is 60.7 Å². The van der Waals surface area contributed by atoms with E-state index < -0.39 is 0 Å². The van der Waals surface area contributed by atoms with E-state index in [4.69, 9.17) is 14.2 Å². The summed E-state index contributed by atoms with van der Waals surface area (Å²) in [5.41, 5.74) is 2.28. The van der Waals surface area contributed by atoms with Gasteiger partial charge in [0.15, 0.2) is 0 Å². The highest BCUT2D eigenvalue weighted by Gasteiger charge is 2.07. The Kier molecular flexibility index (Phi) is 8.05. The van der Waals surface area contributed by atoms with Crippen molar-refractivity contribution in [2.24, 2.45) is 0 Å². The van der Waals surface area contributed by atoms with E-state index in [1.54, 1.807) is 18.2 Å². The lowest BCUT2D eigenvalue weighted by Crippen LogP contribution is -2.32. The van der Waals surface area contributed by atoms with Crippen molar-refractivity contribution in [1.82, 2.24) is 15.5 Å². The fourth-order valence-electron chi connectivity index (χ4n) is 2.78. The van der Waals surface area contributed by atoms with E-state index in [1.807, 2.05) is 56.3 Å². The maximum atomic E-state index is 12.1. The number of para-hydroxylation sites is 2. The third-order valence-electron chi connectivity index (χ3n) is 4.17. The monoisotopic (exact) mass is 422 g/mol. The molecule has 3 aromatic rings. The van der Waals surface area contributed by atoms with Crippen molar-refractivity contribution < 1.29 is 19.0 Å². The van der Waals surface area contributed by atoms with Gasteiger partial charge in [-0.2, -0.15) is 0 Å². The van der Waals surface area contributed by atoms with E-state index in [9.17, 15) is 4.79 Å². The number of aromatic nitrogens is 2. The molecule has 0 unspecified atom stereocenters. The Hall–Kier alpha value is -3.81. The molecule has 2 aromatic carbocycles. The molecule has 0 fully saturated rings. The van der Waals surface area contributed by atoms with Crippen molar-refractivity contribution in [2.75, 3.05) is 31.7 Å². The van der Waals surface area contributed by atoms with Gasteiger partial charge in [0.05, 0.1) is 31.1 Å². The Morgan fingerprint density at radius 3 is 2.35 bits per heavy atom. The van der Waals surface area contributed by atoms with Crippen molar-refractivity contribution in [1.29, 1.82) is 0 Å². The molecule has 162 valence electrons. The molecule has 0 spiro atoms. The summed E-state index contributed by atoms with van der Waals surface area (Å²) in [6.07, 6.45) is 0. The highest BCUT2D eigenvalue weighted by atomic mass is 16.5. The summed E-state index contributed by atoms with van der Waals surface area (Å²) in [5, 5.41) is 13.8. The van der Waals surface area contributed by atoms with Crippen LogP contribution in [0.5, 0.6) is 17.4 Å². The van der Waals surface area contributed by atoms with Crippen LogP contribution in [0, 0.1) is 0 Å². The molecule has 1 heterocycles. The molecule has 0 radical (unpaired) electrons. The number of nitrogens with zero attached hydrogens (tertiary/aromatic N) is 2. The Morgan fingerprint density at radius 1 is 0.871 bits per heavy atom. The zero-order valence-corrected chi connectivity index (χ0v) is 17.6. The van der Waals surface area contributed by atoms with E-state index in [0.717, 1.165) is 17.0 Å². The van der Waals surface area contributed by atoms with Crippen LogP contribution >= 0.6 is 0 Å². The Morgan fingerprint density at radius 2 is 1.65 bits per heavy atom. The zero-order chi connectivity index (χ0) is 21.9. The Bertz CT molecular complexity index is 962. The van der Waals surface area contributed by atoms with Gasteiger partial charge in [0.2, 0.25) is 5.88 Å². The molecule has 0 aliphatic heterocycles. The topological polar surface area (TPSA) is 94.6 Å². The average molecular weight is 422 g/mol. The summed E-state index contributed by atoms with van der Waals surface area (Å²) in [7, 11) is 0.